The molecule has 0 saturated carbocycles. The molecule has 3 aromatic carbocycles. The monoisotopic (exact) mass is 500 g/mol. The molecule has 0 aromatic heterocycles. The van der Waals surface area contributed by atoms with Crippen LogP contribution in [0.4, 0.5) is 0 Å². The van der Waals surface area contributed by atoms with Gasteiger partial charge in [0.2, 0.25) is 0 Å². The van der Waals surface area contributed by atoms with Crippen molar-refractivity contribution < 1.29 is 58.2 Å². The summed E-state index contributed by atoms with van der Waals surface area (Å²) in [5.74, 6) is 0.883. The Morgan fingerprint density at radius 3 is 2.07 bits per heavy atom. The van der Waals surface area contributed by atoms with Gasteiger partial charge >= 0.3 is 41.3 Å². The minimum absolute atomic E-state index is 0. The second kappa shape index (κ2) is 15.4. The Labute approximate surface area is 192 Å². The summed E-state index contributed by atoms with van der Waals surface area (Å²) in [6, 6.07) is 22.4. The van der Waals surface area contributed by atoms with Crippen molar-refractivity contribution >= 4 is 22.3 Å². The summed E-state index contributed by atoms with van der Waals surface area (Å²) < 4.78 is 12.4. The van der Waals surface area contributed by atoms with Gasteiger partial charge in [0.1, 0.15) is 0 Å². The smallest absolute Gasteiger partial charge is 0.188 e. The molecule has 3 aromatic rings. The first-order valence-corrected chi connectivity index (χ1v) is 13.0. The normalized spacial score (nSPS) is 9.59. The van der Waals surface area contributed by atoms with Crippen molar-refractivity contribution in [3.8, 4) is 5.75 Å². The zero-order chi connectivity index (χ0) is 18.7. The number of halogens is 2. The molecule has 0 radical (unpaired) electrons. The van der Waals surface area contributed by atoms with E-state index in [9.17, 15) is 0 Å². The van der Waals surface area contributed by atoms with Gasteiger partial charge in [0.15, 0.2) is 15.1 Å². The molecule has 2 nitrogen and oxygen atoms in total. The minimum atomic E-state index is -1.42. The van der Waals surface area contributed by atoms with E-state index in [0.717, 1.165) is 5.75 Å². The zero-order valence-corrected chi connectivity index (χ0v) is 21.6. The first-order chi connectivity index (χ1) is 11.8. The van der Waals surface area contributed by atoms with Crippen molar-refractivity contribution in [2.75, 3.05) is 6.79 Å². The van der Waals surface area contributed by atoms with Crippen LogP contribution in [0.5, 0.6) is 5.75 Å². The van der Waals surface area contributed by atoms with Gasteiger partial charge in [0, 0.05) is 5.75 Å². The molecule has 0 fully saturated rings. The molecule has 0 N–H and O–H groups in total. The summed E-state index contributed by atoms with van der Waals surface area (Å²) in [7, 11) is -1.42. The molecule has 0 bridgehead atoms. The van der Waals surface area contributed by atoms with Crippen LogP contribution in [0.25, 0.3) is 10.8 Å². The van der Waals surface area contributed by atoms with Gasteiger partial charge in [-0.25, -0.2) is 6.07 Å². The Hall–Kier alpha value is -0.510. The van der Waals surface area contributed by atoms with Crippen LogP contribution in [0, 0.1) is 0 Å². The topological polar surface area (TPSA) is 18.5 Å². The van der Waals surface area contributed by atoms with Gasteiger partial charge in [-0.1, -0.05) is 6.07 Å². The molecule has 0 saturated heterocycles. The Morgan fingerprint density at radius 1 is 0.926 bits per heavy atom. The molecule has 0 atom stereocenters. The number of rotatable bonds is 4. The third-order valence-corrected chi connectivity index (χ3v) is 3.88. The van der Waals surface area contributed by atoms with Crippen LogP contribution in [0.2, 0.25) is 19.6 Å². The standard InChI is InChI=1S/C9H15O2Si.C9H7.C3H6.2ClH.Zr/c1-12(2,3)11-8-10-9-6-4-5-7-9;1-2-5-9-7-3-6-8(9)4-1;1-3-2;;;/h4-7H,8H2,1-3H3;1-7H;1-2H3;2*1H;/q2*-1;;;;+2/p-2. The molecule has 0 amide bonds. The van der Waals surface area contributed by atoms with E-state index < -0.39 is 8.32 Å². The predicted octanol–water partition coefficient (Wildman–Crippen LogP) is -0.0946. The van der Waals surface area contributed by atoms with Crippen LogP contribution < -0.4 is 29.6 Å². The fraction of sp³-hybridized carbons (Fsp3) is 0.286. The average molecular weight is 503 g/mol. The largest absolute Gasteiger partial charge is 1.00 e. The van der Waals surface area contributed by atoms with Gasteiger partial charge in [-0.2, -0.15) is 29.7 Å². The van der Waals surface area contributed by atoms with Crippen molar-refractivity contribution in [2.45, 2.75) is 33.5 Å². The summed E-state index contributed by atoms with van der Waals surface area (Å²) in [6.45, 7) is 11.0. The Morgan fingerprint density at radius 2 is 1.56 bits per heavy atom. The fourth-order valence-electron chi connectivity index (χ4n) is 1.80. The first-order valence-electron chi connectivity index (χ1n) is 8.38. The maximum absolute atomic E-state index is 5.52. The summed E-state index contributed by atoms with van der Waals surface area (Å²) in [4.78, 5) is 0. The van der Waals surface area contributed by atoms with E-state index in [1.54, 1.807) is 24.2 Å². The molecule has 6 heteroatoms. The van der Waals surface area contributed by atoms with Crippen LogP contribution in [0.15, 0.2) is 66.7 Å². The van der Waals surface area contributed by atoms with Crippen LogP contribution in [-0.2, 0) is 28.7 Å². The molecule has 0 unspecified atom stereocenters. The molecule has 0 heterocycles. The van der Waals surface area contributed by atoms with Crippen LogP contribution in [0.1, 0.15) is 13.8 Å². The molecule has 0 aliphatic rings. The molecule has 0 aliphatic carbocycles. The molecule has 0 aliphatic heterocycles. The van der Waals surface area contributed by atoms with E-state index in [4.69, 9.17) is 9.16 Å². The number of benzene rings is 1. The second-order valence-corrected chi connectivity index (χ2v) is 13.8. The minimum Gasteiger partial charge on any atom is -1.00 e. The Kier molecular flexibility index (Phi) is 16.4. The average Bonchev–Trinajstić information content (AvgIpc) is 3.17. The SMILES string of the molecule is C[C](C)=[Zr+2].C[Si](C)(C)OCOc1ccc[cH-]1.[Cl-].[Cl-].c1ccc2[cH-]ccc2c1. The zero-order valence-electron chi connectivity index (χ0n) is 16.6. The van der Waals surface area contributed by atoms with E-state index >= 15 is 0 Å². The van der Waals surface area contributed by atoms with Crippen LogP contribution in [-0.4, -0.2) is 18.3 Å². The van der Waals surface area contributed by atoms with Gasteiger partial charge in [-0.05, 0) is 19.6 Å². The van der Waals surface area contributed by atoms with Gasteiger partial charge in [0.05, 0.1) is 0 Å². The summed E-state index contributed by atoms with van der Waals surface area (Å²) in [5, 5.41) is 2.66. The number of hydrogen-bond donors (Lipinski definition) is 0. The maximum atomic E-state index is 5.52. The van der Waals surface area contributed by atoms with Gasteiger partial charge in [0.25, 0.3) is 0 Å². The van der Waals surface area contributed by atoms with E-state index in [1.807, 2.05) is 24.3 Å². The maximum Gasteiger partial charge on any atom is 0.188 e. The van der Waals surface area contributed by atoms with Crippen molar-refractivity contribution in [1.29, 1.82) is 0 Å². The third-order valence-electron chi connectivity index (χ3n) is 2.90. The number of fused-ring (bicyclic) bond motifs is 1. The quantitative estimate of drug-likeness (QED) is 0.282. The molecule has 148 valence electrons. The van der Waals surface area contributed by atoms with E-state index in [0.29, 0.717) is 6.79 Å². The van der Waals surface area contributed by atoms with Gasteiger partial charge in [-0.3, -0.25) is 0 Å². The second-order valence-electron chi connectivity index (χ2n) is 6.79. The molecule has 27 heavy (non-hydrogen) atoms. The summed E-state index contributed by atoms with van der Waals surface area (Å²) >= 11 is 1.55. The van der Waals surface area contributed by atoms with Gasteiger partial charge in [-0.15, -0.1) is 35.7 Å². The summed E-state index contributed by atoms with van der Waals surface area (Å²) in [6.07, 6.45) is 0. The first kappa shape index (κ1) is 28.7. The van der Waals surface area contributed by atoms with Crippen LogP contribution in [0.3, 0.4) is 0 Å². The van der Waals surface area contributed by atoms with E-state index in [-0.39, 0.29) is 24.8 Å². The van der Waals surface area contributed by atoms with E-state index in [2.05, 4.69) is 76.0 Å². The third kappa shape index (κ3) is 15.1. The molecule has 0 spiro atoms. The van der Waals surface area contributed by atoms with Crippen molar-refractivity contribution in [3.05, 3.63) is 66.7 Å². The molecular weight excluding hydrogens is 474 g/mol. The van der Waals surface area contributed by atoms with E-state index in [1.165, 1.54) is 14.0 Å². The van der Waals surface area contributed by atoms with Gasteiger partial charge < -0.3 is 34.0 Å². The van der Waals surface area contributed by atoms with Crippen LogP contribution >= 0.6 is 0 Å². The van der Waals surface area contributed by atoms with Crippen molar-refractivity contribution in [2.24, 2.45) is 0 Å². The molecule has 3 rings (SSSR count). The summed E-state index contributed by atoms with van der Waals surface area (Å²) in [5.41, 5.74) is 0. The molecular formula is C21H28Cl2O2SiZr-2. The fourth-order valence-corrected chi connectivity index (χ4v) is 2.21. The predicted molar refractivity (Wildman–Crippen MR) is 108 cm³/mol. The number of ether oxygens (including phenoxy) is 1. The van der Waals surface area contributed by atoms with Crippen molar-refractivity contribution in [1.82, 2.24) is 0 Å². The number of hydrogen-bond acceptors (Lipinski definition) is 2. The van der Waals surface area contributed by atoms with Crippen molar-refractivity contribution in [3.63, 3.8) is 0 Å². The Balaban J connectivity index is 0. The Bertz CT molecular complexity index is 700.